The Labute approximate surface area is 103 Å². The molecule has 0 aliphatic heterocycles. The Morgan fingerprint density at radius 2 is 1.94 bits per heavy atom. The molecule has 2 heterocycles. The second-order valence-corrected chi connectivity index (χ2v) is 3.92. The third-order valence-electron chi connectivity index (χ3n) is 2.72. The van der Waals surface area contributed by atoms with Gasteiger partial charge in [0.05, 0.1) is 11.0 Å². The molecule has 3 aromatic rings. The summed E-state index contributed by atoms with van der Waals surface area (Å²) in [6.45, 7) is 0. The van der Waals surface area contributed by atoms with Crippen molar-refractivity contribution in [2.45, 2.75) is 0 Å². The fourth-order valence-electron chi connectivity index (χ4n) is 1.81. The number of aromatic amines is 1. The average molecular weight is 238 g/mol. The van der Waals surface area contributed by atoms with Gasteiger partial charge < -0.3 is 10.7 Å². The van der Waals surface area contributed by atoms with E-state index in [9.17, 15) is 4.79 Å². The number of carbonyl (C=O) groups excluding carboxylic acids is 1. The smallest absolute Gasteiger partial charge is 0.248 e. The van der Waals surface area contributed by atoms with Crippen LogP contribution in [0.25, 0.3) is 22.4 Å². The summed E-state index contributed by atoms with van der Waals surface area (Å²) in [5.74, 6) is 0.297. The van der Waals surface area contributed by atoms with Gasteiger partial charge in [0.25, 0.3) is 0 Å². The standard InChI is InChI=1S/C13H10N4O/c14-12(18)9-1-2-10-11(7-9)17-13(16-10)8-3-5-15-6-4-8/h1-7H,(H2,14,18)(H,16,17). The van der Waals surface area contributed by atoms with Crippen LogP contribution in [-0.2, 0) is 0 Å². The molecule has 1 aromatic carbocycles. The molecule has 3 N–H and O–H groups in total. The van der Waals surface area contributed by atoms with Crippen molar-refractivity contribution < 1.29 is 4.79 Å². The average Bonchev–Trinajstić information content (AvgIpc) is 2.82. The van der Waals surface area contributed by atoms with Crippen molar-refractivity contribution in [3.8, 4) is 11.4 Å². The van der Waals surface area contributed by atoms with Crippen molar-refractivity contribution in [1.29, 1.82) is 0 Å². The van der Waals surface area contributed by atoms with E-state index in [1.165, 1.54) is 0 Å². The molecule has 18 heavy (non-hydrogen) atoms. The molecule has 0 radical (unpaired) electrons. The quantitative estimate of drug-likeness (QED) is 0.712. The van der Waals surface area contributed by atoms with Crippen LogP contribution in [0.1, 0.15) is 10.4 Å². The van der Waals surface area contributed by atoms with E-state index in [0.29, 0.717) is 5.56 Å². The molecule has 0 bridgehead atoms. The van der Waals surface area contributed by atoms with Crippen molar-refractivity contribution in [2.75, 3.05) is 0 Å². The molecule has 0 aliphatic rings. The number of H-pyrrole nitrogens is 1. The van der Waals surface area contributed by atoms with Gasteiger partial charge in [-0.05, 0) is 30.3 Å². The molecule has 0 saturated heterocycles. The second kappa shape index (κ2) is 3.96. The Balaban J connectivity index is 2.14. The van der Waals surface area contributed by atoms with E-state index in [4.69, 9.17) is 5.73 Å². The van der Waals surface area contributed by atoms with E-state index in [0.717, 1.165) is 22.4 Å². The van der Waals surface area contributed by atoms with Crippen molar-refractivity contribution in [3.05, 3.63) is 48.3 Å². The molecule has 0 atom stereocenters. The summed E-state index contributed by atoms with van der Waals surface area (Å²) in [7, 11) is 0. The maximum atomic E-state index is 11.1. The third kappa shape index (κ3) is 1.71. The van der Waals surface area contributed by atoms with Crippen molar-refractivity contribution in [1.82, 2.24) is 15.0 Å². The second-order valence-electron chi connectivity index (χ2n) is 3.92. The van der Waals surface area contributed by atoms with Crippen LogP contribution in [0.2, 0.25) is 0 Å². The molecule has 0 saturated carbocycles. The SMILES string of the molecule is NC(=O)c1ccc2nc(-c3ccncc3)[nH]c2c1. The number of rotatable bonds is 2. The molecule has 5 heteroatoms. The van der Waals surface area contributed by atoms with Gasteiger partial charge in [0.1, 0.15) is 5.82 Å². The lowest BCUT2D eigenvalue weighted by molar-refractivity contribution is 0.100. The highest BCUT2D eigenvalue weighted by atomic mass is 16.1. The predicted octanol–water partition coefficient (Wildman–Crippen LogP) is 1.72. The summed E-state index contributed by atoms with van der Waals surface area (Å²) in [5.41, 5.74) is 8.24. The van der Waals surface area contributed by atoms with Gasteiger partial charge in [0.15, 0.2) is 0 Å². The number of amides is 1. The minimum Gasteiger partial charge on any atom is -0.366 e. The lowest BCUT2D eigenvalue weighted by atomic mass is 10.2. The highest BCUT2D eigenvalue weighted by Crippen LogP contribution is 2.20. The summed E-state index contributed by atoms with van der Waals surface area (Å²) < 4.78 is 0. The first kappa shape index (κ1) is 10.5. The van der Waals surface area contributed by atoms with E-state index in [1.807, 2.05) is 12.1 Å². The third-order valence-corrected chi connectivity index (χ3v) is 2.72. The Kier molecular flexibility index (Phi) is 2.30. The van der Waals surface area contributed by atoms with Gasteiger partial charge in [-0.25, -0.2) is 4.98 Å². The van der Waals surface area contributed by atoms with Gasteiger partial charge in [-0.1, -0.05) is 0 Å². The summed E-state index contributed by atoms with van der Waals surface area (Å²) in [5, 5.41) is 0. The van der Waals surface area contributed by atoms with Crippen LogP contribution >= 0.6 is 0 Å². The van der Waals surface area contributed by atoms with E-state index in [2.05, 4.69) is 15.0 Å². The summed E-state index contributed by atoms with van der Waals surface area (Å²) >= 11 is 0. The fourth-order valence-corrected chi connectivity index (χ4v) is 1.81. The predicted molar refractivity (Wildman–Crippen MR) is 67.8 cm³/mol. The molecule has 88 valence electrons. The van der Waals surface area contributed by atoms with Gasteiger partial charge in [-0.15, -0.1) is 0 Å². The number of nitrogens with zero attached hydrogens (tertiary/aromatic N) is 2. The lowest BCUT2D eigenvalue weighted by Gasteiger charge is -1.93. The number of imidazole rings is 1. The normalized spacial score (nSPS) is 10.7. The van der Waals surface area contributed by atoms with Crippen LogP contribution in [0.5, 0.6) is 0 Å². The number of nitrogens with one attached hydrogen (secondary N) is 1. The first-order chi connectivity index (χ1) is 8.74. The zero-order chi connectivity index (χ0) is 12.5. The molecular weight excluding hydrogens is 228 g/mol. The Hall–Kier alpha value is -2.69. The number of aromatic nitrogens is 3. The van der Waals surface area contributed by atoms with E-state index in [-0.39, 0.29) is 0 Å². The van der Waals surface area contributed by atoms with E-state index >= 15 is 0 Å². The maximum Gasteiger partial charge on any atom is 0.248 e. The first-order valence-corrected chi connectivity index (χ1v) is 5.44. The molecule has 0 aliphatic carbocycles. The summed E-state index contributed by atoms with van der Waals surface area (Å²) in [4.78, 5) is 22.7. The monoisotopic (exact) mass is 238 g/mol. The Morgan fingerprint density at radius 1 is 1.17 bits per heavy atom. The minimum absolute atomic E-state index is 0.447. The van der Waals surface area contributed by atoms with Crippen molar-refractivity contribution >= 4 is 16.9 Å². The number of primary amides is 1. The van der Waals surface area contributed by atoms with Crippen LogP contribution < -0.4 is 5.73 Å². The Morgan fingerprint density at radius 3 is 2.67 bits per heavy atom. The number of hydrogen-bond acceptors (Lipinski definition) is 3. The molecule has 0 unspecified atom stereocenters. The number of hydrogen-bond donors (Lipinski definition) is 2. The van der Waals surface area contributed by atoms with E-state index < -0.39 is 5.91 Å². The molecule has 0 fully saturated rings. The van der Waals surface area contributed by atoms with Gasteiger partial charge >= 0.3 is 0 Å². The summed E-state index contributed by atoms with van der Waals surface area (Å²) in [6, 6.07) is 8.88. The maximum absolute atomic E-state index is 11.1. The molecule has 0 spiro atoms. The van der Waals surface area contributed by atoms with Crippen LogP contribution in [0.3, 0.4) is 0 Å². The van der Waals surface area contributed by atoms with Gasteiger partial charge in [-0.3, -0.25) is 9.78 Å². The topological polar surface area (TPSA) is 84.7 Å². The molecule has 5 nitrogen and oxygen atoms in total. The number of pyridine rings is 1. The van der Waals surface area contributed by atoms with Gasteiger partial charge in [-0.2, -0.15) is 0 Å². The molecule has 3 rings (SSSR count). The zero-order valence-electron chi connectivity index (χ0n) is 9.42. The zero-order valence-corrected chi connectivity index (χ0v) is 9.42. The fraction of sp³-hybridized carbons (Fsp3) is 0. The lowest BCUT2D eigenvalue weighted by Crippen LogP contribution is -2.10. The number of benzene rings is 1. The van der Waals surface area contributed by atoms with Crippen LogP contribution in [0.15, 0.2) is 42.7 Å². The number of carbonyl (C=O) groups is 1. The number of fused-ring (bicyclic) bond motifs is 1. The molecular formula is C13H10N4O. The van der Waals surface area contributed by atoms with Crippen molar-refractivity contribution in [2.24, 2.45) is 5.73 Å². The Bertz CT molecular complexity index is 718. The van der Waals surface area contributed by atoms with Gasteiger partial charge in [0.2, 0.25) is 5.91 Å². The van der Waals surface area contributed by atoms with Crippen LogP contribution in [0, 0.1) is 0 Å². The summed E-state index contributed by atoms with van der Waals surface area (Å²) in [6.07, 6.45) is 3.41. The van der Waals surface area contributed by atoms with Gasteiger partial charge in [0, 0.05) is 23.5 Å². The first-order valence-electron chi connectivity index (χ1n) is 5.44. The highest BCUT2D eigenvalue weighted by molar-refractivity contribution is 5.96. The molecule has 2 aromatic heterocycles. The molecule has 1 amide bonds. The minimum atomic E-state index is -0.447. The van der Waals surface area contributed by atoms with Crippen LogP contribution in [0.4, 0.5) is 0 Å². The van der Waals surface area contributed by atoms with E-state index in [1.54, 1.807) is 30.6 Å². The largest absolute Gasteiger partial charge is 0.366 e. The highest BCUT2D eigenvalue weighted by Gasteiger charge is 2.07. The number of nitrogens with two attached hydrogens (primary N) is 1. The van der Waals surface area contributed by atoms with Crippen molar-refractivity contribution in [3.63, 3.8) is 0 Å². The van der Waals surface area contributed by atoms with Crippen LogP contribution in [-0.4, -0.2) is 20.9 Å².